The van der Waals surface area contributed by atoms with E-state index in [1.54, 1.807) is 0 Å². The summed E-state index contributed by atoms with van der Waals surface area (Å²) in [5.74, 6) is -13.0. The summed E-state index contributed by atoms with van der Waals surface area (Å²) in [7, 11) is 0. The Balaban J connectivity index is 2.80. The van der Waals surface area contributed by atoms with E-state index < -0.39 is 52.4 Å². The molecule has 0 atom stereocenters. The molecule has 0 bridgehead atoms. The normalized spacial score (nSPS) is 20.6. The third-order valence-corrected chi connectivity index (χ3v) is 5.87. The lowest BCUT2D eigenvalue weighted by Crippen LogP contribution is -2.43. The smallest absolute Gasteiger partial charge is 0.339 e. The van der Waals surface area contributed by atoms with Crippen molar-refractivity contribution in [3.8, 4) is 0 Å². The van der Waals surface area contributed by atoms with Crippen LogP contribution in [0, 0.1) is 11.8 Å². The minimum Gasteiger partial charge on any atom is -0.491 e. The quantitative estimate of drug-likeness (QED) is 0.125. The molecule has 0 N–H and O–H groups in total. The van der Waals surface area contributed by atoms with Crippen molar-refractivity contribution in [2.24, 2.45) is 11.8 Å². The van der Waals surface area contributed by atoms with Gasteiger partial charge >= 0.3 is 11.8 Å². The second-order valence-electron chi connectivity index (χ2n) is 8.10. The van der Waals surface area contributed by atoms with Gasteiger partial charge in [0, 0.05) is 11.1 Å². The molecule has 0 aromatic carbocycles. The van der Waals surface area contributed by atoms with Gasteiger partial charge in [0.25, 0.3) is 0 Å². The highest BCUT2D eigenvalue weighted by Gasteiger charge is 2.59. The Bertz CT molecular complexity index is 726. The molecule has 7 heteroatoms. The van der Waals surface area contributed by atoms with Gasteiger partial charge in [0.1, 0.15) is 0 Å². The number of hydrogen-bond acceptors (Lipinski definition) is 1. The summed E-state index contributed by atoms with van der Waals surface area (Å²) in [5.41, 5.74) is -3.98. The van der Waals surface area contributed by atoms with Gasteiger partial charge in [0.15, 0.2) is 11.6 Å². The minimum atomic E-state index is -4.89. The monoisotopic (exact) mass is 450 g/mol. The van der Waals surface area contributed by atoms with Crippen LogP contribution in [0.5, 0.6) is 0 Å². The summed E-state index contributed by atoms with van der Waals surface area (Å²) in [6.07, 6.45) is 5.68. The van der Waals surface area contributed by atoms with Gasteiger partial charge in [-0.3, -0.25) is 0 Å². The molecule has 0 aromatic heterocycles. The van der Waals surface area contributed by atoms with E-state index in [4.69, 9.17) is 4.74 Å². The molecule has 1 fully saturated rings. The number of rotatable bonds is 12. The third kappa shape index (κ3) is 6.30. The lowest BCUT2D eigenvalue weighted by Gasteiger charge is -2.30. The predicted molar refractivity (Wildman–Crippen MR) is 112 cm³/mol. The van der Waals surface area contributed by atoms with E-state index in [9.17, 15) is 26.3 Å². The van der Waals surface area contributed by atoms with Gasteiger partial charge < -0.3 is 4.74 Å². The van der Waals surface area contributed by atoms with Crippen molar-refractivity contribution in [3.63, 3.8) is 0 Å². The fourth-order valence-corrected chi connectivity index (χ4v) is 3.59. The van der Waals surface area contributed by atoms with Crippen LogP contribution in [0.15, 0.2) is 60.4 Å². The number of hydrogen-bond donors (Lipinski definition) is 0. The van der Waals surface area contributed by atoms with Gasteiger partial charge in [0.05, 0.1) is 6.61 Å². The van der Waals surface area contributed by atoms with Crippen LogP contribution in [0.1, 0.15) is 58.8 Å². The Kier molecular flexibility index (Phi) is 9.70. The van der Waals surface area contributed by atoms with Gasteiger partial charge in [-0.05, 0) is 36.7 Å². The van der Waals surface area contributed by atoms with Crippen LogP contribution in [-0.2, 0) is 4.74 Å². The van der Waals surface area contributed by atoms with Crippen molar-refractivity contribution in [3.05, 3.63) is 60.4 Å². The second-order valence-corrected chi connectivity index (χ2v) is 8.10. The largest absolute Gasteiger partial charge is 0.491 e. The van der Waals surface area contributed by atoms with E-state index in [1.807, 2.05) is 0 Å². The van der Waals surface area contributed by atoms with Crippen LogP contribution in [0.25, 0.3) is 0 Å². The molecule has 31 heavy (non-hydrogen) atoms. The Morgan fingerprint density at radius 1 is 0.839 bits per heavy atom. The molecule has 0 heterocycles. The molecule has 1 aliphatic rings. The first kappa shape index (κ1) is 27.1. The zero-order valence-corrected chi connectivity index (χ0v) is 18.3. The molecule has 0 aliphatic heterocycles. The van der Waals surface area contributed by atoms with E-state index in [-0.39, 0.29) is 12.5 Å². The van der Waals surface area contributed by atoms with Crippen molar-refractivity contribution in [1.29, 1.82) is 0 Å². The number of alkyl halides is 4. The summed E-state index contributed by atoms with van der Waals surface area (Å²) < 4.78 is 90.5. The summed E-state index contributed by atoms with van der Waals surface area (Å²) in [5, 5.41) is 0. The average Bonchev–Trinajstić information content (AvgIpc) is 2.75. The molecule has 0 spiro atoms. The van der Waals surface area contributed by atoms with E-state index in [0.29, 0.717) is 5.92 Å². The van der Waals surface area contributed by atoms with Gasteiger partial charge in [-0.25, -0.2) is 4.39 Å². The molecular weight excluding hydrogens is 418 g/mol. The summed E-state index contributed by atoms with van der Waals surface area (Å²) >= 11 is 0. The maximum Gasteiger partial charge on any atom is 0.339 e. The van der Waals surface area contributed by atoms with E-state index in [2.05, 4.69) is 33.2 Å². The zero-order valence-electron chi connectivity index (χ0n) is 18.3. The Hall–Kier alpha value is -1.92. The fraction of sp³-hybridized carbons (Fsp3) is 0.583. The van der Waals surface area contributed by atoms with Crippen LogP contribution in [0.2, 0.25) is 0 Å². The Labute approximate surface area is 181 Å². The van der Waals surface area contributed by atoms with Crippen molar-refractivity contribution in [2.45, 2.75) is 70.6 Å². The summed E-state index contributed by atoms with van der Waals surface area (Å²) in [6, 6.07) is 0. The van der Waals surface area contributed by atoms with Crippen molar-refractivity contribution >= 4 is 0 Å². The lowest BCUT2D eigenvalue weighted by molar-refractivity contribution is -0.160. The SMILES string of the molecule is C=C(OCC1CCC(CCC)CC1)/C(F)=C(/F)C(=C)C(=C)C(F)(F)C(F)(F)C(=C)CC. The van der Waals surface area contributed by atoms with Gasteiger partial charge in [0.2, 0.25) is 5.83 Å². The van der Waals surface area contributed by atoms with Crippen LogP contribution < -0.4 is 0 Å². The molecule has 1 saturated carbocycles. The fourth-order valence-electron chi connectivity index (χ4n) is 3.59. The number of ether oxygens (including phenoxy) is 1. The van der Waals surface area contributed by atoms with Crippen LogP contribution in [0.4, 0.5) is 26.3 Å². The molecule has 0 unspecified atom stereocenters. The molecule has 1 nitrogen and oxygen atoms in total. The molecule has 0 aromatic rings. The Morgan fingerprint density at radius 2 is 1.35 bits per heavy atom. The first-order chi connectivity index (χ1) is 14.3. The van der Waals surface area contributed by atoms with Crippen molar-refractivity contribution in [1.82, 2.24) is 0 Å². The van der Waals surface area contributed by atoms with Crippen molar-refractivity contribution in [2.75, 3.05) is 6.61 Å². The minimum absolute atomic E-state index is 0.107. The zero-order chi connectivity index (χ0) is 24.0. The number of halogens is 6. The van der Waals surface area contributed by atoms with Crippen molar-refractivity contribution < 1.29 is 31.1 Å². The van der Waals surface area contributed by atoms with Crippen LogP contribution >= 0.6 is 0 Å². The summed E-state index contributed by atoms with van der Waals surface area (Å²) in [6.45, 7) is 15.5. The predicted octanol–water partition coefficient (Wildman–Crippen LogP) is 8.62. The molecular formula is C24H32F6O. The standard InChI is InChI=1S/C24H32F6O/c1-7-9-19-10-12-20(13-11-19)14-31-18(6)22(26)21(25)16(4)17(5)24(29,30)23(27,28)15(3)8-2/h19-20H,3-14H2,1-2H3/b22-21-. The highest BCUT2D eigenvalue weighted by atomic mass is 19.3. The second kappa shape index (κ2) is 11.1. The molecule has 0 saturated heterocycles. The highest BCUT2D eigenvalue weighted by molar-refractivity contribution is 5.48. The van der Waals surface area contributed by atoms with Gasteiger partial charge in [-0.15, -0.1) is 0 Å². The Morgan fingerprint density at radius 3 is 1.84 bits per heavy atom. The van der Waals surface area contributed by atoms with E-state index in [0.717, 1.165) is 38.5 Å². The van der Waals surface area contributed by atoms with Crippen LogP contribution in [0.3, 0.4) is 0 Å². The van der Waals surface area contributed by atoms with Gasteiger partial charge in [-0.2, -0.15) is 22.0 Å². The number of allylic oxidation sites excluding steroid dienone is 5. The topological polar surface area (TPSA) is 9.23 Å². The molecule has 1 rings (SSSR count). The lowest BCUT2D eigenvalue weighted by atomic mass is 9.80. The van der Waals surface area contributed by atoms with E-state index >= 15 is 0 Å². The van der Waals surface area contributed by atoms with Gasteiger partial charge in [-0.1, -0.05) is 65.8 Å². The maximum atomic E-state index is 14.4. The third-order valence-electron chi connectivity index (χ3n) is 5.87. The first-order valence-electron chi connectivity index (χ1n) is 10.5. The maximum absolute atomic E-state index is 14.4. The van der Waals surface area contributed by atoms with E-state index in [1.165, 1.54) is 6.92 Å². The molecule has 0 amide bonds. The van der Waals surface area contributed by atoms with Crippen LogP contribution in [-0.4, -0.2) is 18.5 Å². The highest BCUT2D eigenvalue weighted by Crippen LogP contribution is 2.47. The molecule has 0 radical (unpaired) electrons. The average molecular weight is 451 g/mol. The molecule has 1 aliphatic carbocycles. The molecule has 176 valence electrons. The first-order valence-corrected chi connectivity index (χ1v) is 10.5. The summed E-state index contributed by atoms with van der Waals surface area (Å²) in [4.78, 5) is 0.